The van der Waals surface area contributed by atoms with Crippen molar-refractivity contribution in [3.05, 3.63) is 99.3 Å². The molecule has 0 fully saturated rings. The predicted molar refractivity (Wildman–Crippen MR) is 134 cm³/mol. The summed E-state index contributed by atoms with van der Waals surface area (Å²) in [6, 6.07) is 14.0. The van der Waals surface area contributed by atoms with Gasteiger partial charge in [-0.05, 0) is 61.9 Å². The lowest BCUT2D eigenvalue weighted by molar-refractivity contribution is 0.593. The number of anilines is 1. The topological polar surface area (TPSA) is 59.4 Å². The fourth-order valence-corrected chi connectivity index (χ4v) is 5.72. The molecule has 0 aliphatic carbocycles. The van der Waals surface area contributed by atoms with Crippen LogP contribution in [0.4, 0.5) is 14.5 Å². The van der Waals surface area contributed by atoms with E-state index in [1.54, 1.807) is 27.7 Å². The largest absolute Gasteiger partial charge is 0.370 e. The molecule has 0 spiro atoms. The van der Waals surface area contributed by atoms with Crippen LogP contribution in [0.15, 0.2) is 81.4 Å². The van der Waals surface area contributed by atoms with Gasteiger partial charge in [-0.2, -0.15) is 0 Å². The number of nitrogens with zero attached hydrogens (tertiary/aromatic N) is 2. The first kappa shape index (κ1) is 24.9. The van der Waals surface area contributed by atoms with Gasteiger partial charge < -0.3 is 9.47 Å². The quantitative estimate of drug-likeness (QED) is 0.318. The highest BCUT2D eigenvalue weighted by Crippen LogP contribution is 2.28. The van der Waals surface area contributed by atoms with Crippen molar-refractivity contribution in [1.29, 1.82) is 0 Å². The van der Waals surface area contributed by atoms with Gasteiger partial charge in [-0.1, -0.05) is 29.8 Å². The van der Waals surface area contributed by atoms with E-state index in [-0.39, 0.29) is 21.8 Å². The molecule has 0 unspecified atom stereocenters. The lowest BCUT2D eigenvalue weighted by atomic mass is 10.1. The van der Waals surface area contributed by atoms with E-state index in [0.717, 1.165) is 6.07 Å². The van der Waals surface area contributed by atoms with Gasteiger partial charge in [-0.25, -0.2) is 17.2 Å². The lowest BCUT2D eigenvalue weighted by Gasteiger charge is -2.23. The Morgan fingerprint density at radius 3 is 2.29 bits per heavy atom. The van der Waals surface area contributed by atoms with Crippen LogP contribution in [0.3, 0.4) is 0 Å². The van der Waals surface area contributed by atoms with Crippen molar-refractivity contribution < 1.29 is 17.2 Å². The van der Waals surface area contributed by atoms with E-state index in [1.165, 1.54) is 42.6 Å². The molecule has 0 amide bonds. The molecule has 0 aliphatic rings. The Balaban J connectivity index is 2.02. The second-order valence-corrected chi connectivity index (χ2v) is 10.4. The Kier molecular flexibility index (Phi) is 6.96. The maximum absolute atomic E-state index is 15.1. The standard InChI is InChI=1S/C26H23ClF2N2O3S/c1-3-30(4-2)24-14-23-21(13-22(24)29)26(32)25(35(33,34)20-7-5-6-18(27)12-20)16-31(23)15-17-8-10-19(28)11-9-17/h5-14,16H,3-4,15H2,1-2H3. The van der Waals surface area contributed by atoms with Gasteiger partial charge in [0.2, 0.25) is 15.3 Å². The van der Waals surface area contributed by atoms with E-state index in [1.807, 2.05) is 13.8 Å². The Bertz CT molecular complexity index is 1560. The Hall–Kier alpha value is -3.23. The molecule has 1 aromatic heterocycles. The summed E-state index contributed by atoms with van der Waals surface area (Å²) in [5.41, 5.74) is 0.546. The summed E-state index contributed by atoms with van der Waals surface area (Å²) in [5, 5.41) is 0.136. The van der Waals surface area contributed by atoms with E-state index in [0.29, 0.717) is 29.9 Å². The first-order valence-electron chi connectivity index (χ1n) is 11.0. The molecule has 0 N–H and O–H groups in total. The maximum atomic E-state index is 15.1. The number of fused-ring (bicyclic) bond motifs is 1. The Labute approximate surface area is 207 Å². The van der Waals surface area contributed by atoms with E-state index in [2.05, 4.69) is 0 Å². The van der Waals surface area contributed by atoms with Gasteiger partial charge in [0.05, 0.1) is 21.5 Å². The van der Waals surface area contributed by atoms with Gasteiger partial charge in [0.15, 0.2) is 0 Å². The van der Waals surface area contributed by atoms with Crippen molar-refractivity contribution in [2.45, 2.75) is 30.2 Å². The van der Waals surface area contributed by atoms with Gasteiger partial charge in [0.1, 0.15) is 16.5 Å². The first-order valence-corrected chi connectivity index (χ1v) is 12.9. The minimum absolute atomic E-state index is 0.0661. The number of rotatable bonds is 7. The molecule has 1 heterocycles. The zero-order valence-corrected chi connectivity index (χ0v) is 20.7. The van der Waals surface area contributed by atoms with Crippen LogP contribution in [0.25, 0.3) is 10.9 Å². The van der Waals surface area contributed by atoms with Gasteiger partial charge in [-0.3, -0.25) is 4.79 Å². The van der Waals surface area contributed by atoms with Crippen LogP contribution >= 0.6 is 11.6 Å². The average molecular weight is 517 g/mol. The molecular formula is C26H23ClF2N2O3S. The molecule has 3 aromatic carbocycles. The summed E-state index contributed by atoms with van der Waals surface area (Å²) in [6.07, 6.45) is 1.26. The highest BCUT2D eigenvalue weighted by Gasteiger charge is 2.25. The zero-order valence-electron chi connectivity index (χ0n) is 19.1. The maximum Gasteiger partial charge on any atom is 0.211 e. The smallest absolute Gasteiger partial charge is 0.211 e. The van der Waals surface area contributed by atoms with Crippen molar-refractivity contribution in [2.24, 2.45) is 0 Å². The van der Waals surface area contributed by atoms with Crippen molar-refractivity contribution >= 4 is 38.0 Å². The molecule has 0 aliphatic heterocycles. The van der Waals surface area contributed by atoms with E-state index >= 15 is 4.39 Å². The van der Waals surface area contributed by atoms with Crippen LogP contribution in [-0.4, -0.2) is 26.1 Å². The summed E-state index contributed by atoms with van der Waals surface area (Å²) in [4.78, 5) is 14.6. The summed E-state index contributed by atoms with van der Waals surface area (Å²) in [5.74, 6) is -1.03. The van der Waals surface area contributed by atoms with Gasteiger partial charge in [0.25, 0.3) is 0 Å². The molecule has 0 bridgehead atoms. The second-order valence-electron chi connectivity index (χ2n) is 8.03. The highest BCUT2D eigenvalue weighted by atomic mass is 35.5. The number of sulfone groups is 1. The van der Waals surface area contributed by atoms with Crippen LogP contribution in [0.5, 0.6) is 0 Å². The fraction of sp³-hybridized carbons (Fsp3) is 0.192. The van der Waals surface area contributed by atoms with E-state index < -0.39 is 31.8 Å². The molecule has 0 radical (unpaired) electrons. The fourth-order valence-electron chi connectivity index (χ4n) is 4.05. The van der Waals surface area contributed by atoms with Crippen molar-refractivity contribution in [3.63, 3.8) is 0 Å². The molecule has 9 heteroatoms. The molecular weight excluding hydrogens is 494 g/mol. The third-order valence-corrected chi connectivity index (χ3v) is 7.86. The number of hydrogen-bond donors (Lipinski definition) is 0. The normalized spacial score (nSPS) is 11.7. The number of halogens is 3. The summed E-state index contributed by atoms with van der Waals surface area (Å²) >= 11 is 5.99. The lowest BCUT2D eigenvalue weighted by Crippen LogP contribution is -2.24. The van der Waals surface area contributed by atoms with Crippen molar-refractivity contribution in [3.8, 4) is 0 Å². The van der Waals surface area contributed by atoms with Gasteiger partial charge >= 0.3 is 0 Å². The van der Waals surface area contributed by atoms with Crippen molar-refractivity contribution in [1.82, 2.24) is 4.57 Å². The van der Waals surface area contributed by atoms with Crippen LogP contribution in [-0.2, 0) is 16.4 Å². The molecule has 35 heavy (non-hydrogen) atoms. The van der Waals surface area contributed by atoms with Crippen LogP contribution < -0.4 is 10.3 Å². The first-order chi connectivity index (χ1) is 16.6. The molecule has 182 valence electrons. The van der Waals surface area contributed by atoms with Crippen LogP contribution in [0, 0.1) is 11.6 Å². The number of pyridine rings is 1. The third-order valence-electron chi connectivity index (χ3n) is 5.88. The van der Waals surface area contributed by atoms with E-state index in [9.17, 15) is 17.6 Å². The monoisotopic (exact) mass is 516 g/mol. The number of hydrogen-bond acceptors (Lipinski definition) is 4. The molecule has 0 saturated heterocycles. The van der Waals surface area contributed by atoms with Crippen LogP contribution in [0.1, 0.15) is 19.4 Å². The second kappa shape index (κ2) is 9.79. The minimum Gasteiger partial charge on any atom is -0.370 e. The molecule has 4 aromatic rings. The molecule has 0 saturated carbocycles. The average Bonchev–Trinajstić information content (AvgIpc) is 2.83. The van der Waals surface area contributed by atoms with E-state index in [4.69, 9.17) is 11.6 Å². The Morgan fingerprint density at radius 1 is 0.971 bits per heavy atom. The summed E-state index contributed by atoms with van der Waals surface area (Å²) in [7, 11) is -4.26. The zero-order chi connectivity index (χ0) is 25.3. The van der Waals surface area contributed by atoms with Crippen LogP contribution in [0.2, 0.25) is 5.02 Å². The SMILES string of the molecule is CCN(CC)c1cc2c(cc1F)c(=O)c(S(=O)(=O)c1cccc(Cl)c1)cn2Cc1ccc(F)cc1. The van der Waals surface area contributed by atoms with Crippen molar-refractivity contribution in [2.75, 3.05) is 18.0 Å². The highest BCUT2D eigenvalue weighted by molar-refractivity contribution is 7.91. The minimum atomic E-state index is -4.26. The number of aromatic nitrogens is 1. The molecule has 5 nitrogen and oxygen atoms in total. The number of benzene rings is 3. The summed E-state index contributed by atoms with van der Waals surface area (Å²) < 4.78 is 57.0. The Morgan fingerprint density at radius 2 is 1.66 bits per heavy atom. The molecule has 0 atom stereocenters. The summed E-state index contributed by atoms with van der Waals surface area (Å²) in [6.45, 7) is 5.00. The molecule has 4 rings (SSSR count). The van der Waals surface area contributed by atoms with Gasteiger partial charge in [-0.15, -0.1) is 0 Å². The predicted octanol–water partition coefficient (Wildman–Crippen LogP) is 5.66. The van der Waals surface area contributed by atoms with Gasteiger partial charge in [0, 0.05) is 30.9 Å². The third kappa shape index (κ3) is 4.81.